The second kappa shape index (κ2) is 5.61. The molecule has 0 saturated carbocycles. The van der Waals surface area contributed by atoms with Gasteiger partial charge in [0, 0.05) is 31.0 Å². The molecular formula is C15H20N4OS. The lowest BCUT2D eigenvalue weighted by atomic mass is 9.98. The number of pyridine rings is 1. The van der Waals surface area contributed by atoms with Crippen LogP contribution in [0.25, 0.3) is 11.1 Å². The minimum absolute atomic E-state index is 0.555. The van der Waals surface area contributed by atoms with Crippen molar-refractivity contribution in [2.75, 3.05) is 23.7 Å². The van der Waals surface area contributed by atoms with Crippen LogP contribution in [0.1, 0.15) is 26.2 Å². The molecule has 2 aromatic rings. The van der Waals surface area contributed by atoms with Gasteiger partial charge < -0.3 is 15.7 Å². The molecule has 1 aliphatic rings. The van der Waals surface area contributed by atoms with Crippen LogP contribution in [0.2, 0.25) is 0 Å². The van der Waals surface area contributed by atoms with Gasteiger partial charge in [-0.3, -0.25) is 4.98 Å². The molecule has 5 nitrogen and oxygen atoms in total. The molecule has 0 amide bonds. The van der Waals surface area contributed by atoms with Crippen molar-refractivity contribution in [3.63, 3.8) is 0 Å². The van der Waals surface area contributed by atoms with E-state index in [-0.39, 0.29) is 0 Å². The van der Waals surface area contributed by atoms with Crippen molar-refractivity contribution in [2.45, 2.75) is 31.8 Å². The maximum absolute atomic E-state index is 10.2. The highest BCUT2D eigenvalue weighted by atomic mass is 32.1. The van der Waals surface area contributed by atoms with Crippen LogP contribution in [-0.4, -0.2) is 33.2 Å². The molecular weight excluding hydrogens is 284 g/mol. The zero-order chi connectivity index (χ0) is 14.9. The number of hydrogen-bond acceptors (Lipinski definition) is 6. The lowest BCUT2D eigenvalue weighted by Gasteiger charge is -2.23. The van der Waals surface area contributed by atoms with Gasteiger partial charge in [0.05, 0.1) is 11.2 Å². The molecule has 1 fully saturated rings. The van der Waals surface area contributed by atoms with Crippen LogP contribution in [0.3, 0.4) is 0 Å². The molecule has 3 N–H and O–H groups in total. The van der Waals surface area contributed by atoms with Gasteiger partial charge in [0.15, 0.2) is 0 Å². The Hall–Kier alpha value is -1.66. The smallest absolute Gasteiger partial charge is 0.147 e. The number of hydrogen-bond donors (Lipinski definition) is 2. The minimum Gasteiger partial charge on any atom is -0.390 e. The first-order chi connectivity index (χ1) is 10.1. The number of nitrogens with zero attached hydrogens (tertiary/aromatic N) is 3. The predicted octanol–water partition coefficient (Wildman–Crippen LogP) is 2.53. The van der Waals surface area contributed by atoms with E-state index in [1.807, 2.05) is 25.3 Å². The van der Waals surface area contributed by atoms with Crippen LogP contribution in [-0.2, 0) is 0 Å². The quantitative estimate of drug-likeness (QED) is 0.891. The second-order valence-corrected chi connectivity index (χ2v) is 6.58. The van der Waals surface area contributed by atoms with Crippen molar-refractivity contribution in [3.05, 3.63) is 24.5 Å². The van der Waals surface area contributed by atoms with Gasteiger partial charge in [-0.25, -0.2) is 0 Å². The zero-order valence-electron chi connectivity index (χ0n) is 12.1. The Kier molecular flexibility index (Phi) is 3.82. The van der Waals surface area contributed by atoms with Crippen molar-refractivity contribution in [1.29, 1.82) is 0 Å². The fraction of sp³-hybridized carbons (Fsp3) is 0.467. The molecule has 6 heteroatoms. The first-order valence-electron chi connectivity index (χ1n) is 7.20. The number of nitrogen functional groups attached to an aromatic ring is 1. The van der Waals surface area contributed by atoms with Crippen LogP contribution in [0.4, 0.5) is 10.8 Å². The maximum Gasteiger partial charge on any atom is 0.147 e. The van der Waals surface area contributed by atoms with Crippen molar-refractivity contribution in [2.24, 2.45) is 0 Å². The van der Waals surface area contributed by atoms with E-state index in [1.54, 1.807) is 6.20 Å². The summed E-state index contributed by atoms with van der Waals surface area (Å²) in [6.07, 6.45) is 6.13. The Balaban J connectivity index is 1.93. The third-order valence-corrected chi connectivity index (χ3v) is 4.92. The van der Waals surface area contributed by atoms with E-state index in [4.69, 9.17) is 5.73 Å². The summed E-state index contributed by atoms with van der Waals surface area (Å²) < 4.78 is 4.32. The molecule has 0 bridgehead atoms. The molecule has 112 valence electrons. The summed E-state index contributed by atoms with van der Waals surface area (Å²) in [7, 11) is 0. The standard InChI is InChI=1S/C15H20N4OS/c1-15(20)5-3-8-19(9-6-15)14-12(13(16)18-21-14)11-4-2-7-17-10-11/h2,4,7,10,20H,3,5-6,8-9H2,1H3,(H2,16,18). The van der Waals surface area contributed by atoms with E-state index < -0.39 is 5.60 Å². The molecule has 1 aliphatic heterocycles. The van der Waals surface area contributed by atoms with E-state index >= 15 is 0 Å². The van der Waals surface area contributed by atoms with Crippen LogP contribution in [0, 0.1) is 0 Å². The summed E-state index contributed by atoms with van der Waals surface area (Å²) in [4.78, 5) is 6.46. The Labute approximate surface area is 128 Å². The van der Waals surface area contributed by atoms with E-state index in [1.165, 1.54) is 11.5 Å². The highest BCUT2D eigenvalue weighted by Crippen LogP contribution is 2.40. The van der Waals surface area contributed by atoms with Crippen LogP contribution >= 0.6 is 11.5 Å². The van der Waals surface area contributed by atoms with Crippen molar-refractivity contribution >= 4 is 22.4 Å². The van der Waals surface area contributed by atoms with E-state index in [2.05, 4.69) is 14.3 Å². The SMILES string of the molecule is CC1(O)CCCN(c2snc(N)c2-c2cccnc2)CC1. The van der Waals surface area contributed by atoms with Gasteiger partial charge in [-0.05, 0) is 43.8 Å². The Morgan fingerprint density at radius 3 is 3.00 bits per heavy atom. The third-order valence-electron chi connectivity index (χ3n) is 4.00. The minimum atomic E-state index is -0.570. The third kappa shape index (κ3) is 3.01. The number of aliphatic hydroxyl groups is 1. The van der Waals surface area contributed by atoms with Gasteiger partial charge in [0.1, 0.15) is 10.8 Å². The normalized spacial score (nSPS) is 23.0. The van der Waals surface area contributed by atoms with Gasteiger partial charge in [0.2, 0.25) is 0 Å². The molecule has 1 atom stereocenters. The molecule has 2 aromatic heterocycles. The highest BCUT2D eigenvalue weighted by Gasteiger charge is 2.27. The molecule has 1 unspecified atom stereocenters. The first kappa shape index (κ1) is 14.3. The van der Waals surface area contributed by atoms with Gasteiger partial charge in [0.25, 0.3) is 0 Å². The van der Waals surface area contributed by atoms with Crippen LogP contribution < -0.4 is 10.6 Å². The zero-order valence-corrected chi connectivity index (χ0v) is 12.9. The number of aromatic nitrogens is 2. The fourth-order valence-corrected chi connectivity index (χ4v) is 3.65. The number of anilines is 2. The maximum atomic E-state index is 10.2. The van der Waals surface area contributed by atoms with Gasteiger partial charge >= 0.3 is 0 Å². The average Bonchev–Trinajstić information content (AvgIpc) is 2.75. The summed E-state index contributed by atoms with van der Waals surface area (Å²) in [5.74, 6) is 0.555. The van der Waals surface area contributed by atoms with Crippen LogP contribution in [0.15, 0.2) is 24.5 Å². The summed E-state index contributed by atoms with van der Waals surface area (Å²) in [6, 6.07) is 3.91. The second-order valence-electron chi connectivity index (χ2n) is 5.83. The van der Waals surface area contributed by atoms with E-state index in [9.17, 15) is 5.11 Å². The molecule has 21 heavy (non-hydrogen) atoms. The summed E-state index contributed by atoms with van der Waals surface area (Å²) in [5.41, 5.74) is 7.46. The summed E-state index contributed by atoms with van der Waals surface area (Å²) >= 11 is 1.43. The Morgan fingerprint density at radius 1 is 1.38 bits per heavy atom. The number of rotatable bonds is 2. The molecule has 1 saturated heterocycles. The number of nitrogens with two attached hydrogens (primary N) is 1. The molecule has 0 aromatic carbocycles. The topological polar surface area (TPSA) is 75.3 Å². The first-order valence-corrected chi connectivity index (χ1v) is 7.97. The van der Waals surface area contributed by atoms with E-state index in [0.29, 0.717) is 5.82 Å². The molecule has 0 radical (unpaired) electrons. The summed E-state index contributed by atoms with van der Waals surface area (Å²) in [5, 5.41) is 11.3. The van der Waals surface area contributed by atoms with Crippen molar-refractivity contribution in [1.82, 2.24) is 9.36 Å². The van der Waals surface area contributed by atoms with Gasteiger partial charge in [-0.2, -0.15) is 4.37 Å². The molecule has 3 rings (SSSR count). The van der Waals surface area contributed by atoms with E-state index in [0.717, 1.165) is 48.5 Å². The Morgan fingerprint density at radius 2 is 2.24 bits per heavy atom. The fourth-order valence-electron chi connectivity index (χ4n) is 2.76. The average molecular weight is 304 g/mol. The summed E-state index contributed by atoms with van der Waals surface area (Å²) in [6.45, 7) is 3.66. The highest BCUT2D eigenvalue weighted by molar-refractivity contribution is 7.11. The largest absolute Gasteiger partial charge is 0.390 e. The lowest BCUT2D eigenvalue weighted by Crippen LogP contribution is -2.28. The van der Waals surface area contributed by atoms with Crippen molar-refractivity contribution < 1.29 is 5.11 Å². The monoisotopic (exact) mass is 304 g/mol. The van der Waals surface area contributed by atoms with Gasteiger partial charge in [-0.15, -0.1) is 0 Å². The molecule has 0 aliphatic carbocycles. The van der Waals surface area contributed by atoms with Crippen LogP contribution in [0.5, 0.6) is 0 Å². The molecule has 3 heterocycles. The molecule has 0 spiro atoms. The predicted molar refractivity (Wildman–Crippen MR) is 86.4 cm³/mol. The van der Waals surface area contributed by atoms with Gasteiger partial charge in [-0.1, -0.05) is 6.07 Å². The Bertz CT molecular complexity index is 611. The lowest BCUT2D eigenvalue weighted by molar-refractivity contribution is 0.0481. The van der Waals surface area contributed by atoms with Crippen molar-refractivity contribution in [3.8, 4) is 11.1 Å².